The Morgan fingerprint density at radius 2 is 1.72 bits per heavy atom. The third kappa shape index (κ3) is 4.32. The Morgan fingerprint density at radius 3 is 2.48 bits per heavy atom. The highest BCUT2D eigenvalue weighted by atomic mass is 16.5. The minimum Gasteiger partial charge on any atom is -0.504 e. The maximum absolute atomic E-state index is 11.5. The highest BCUT2D eigenvalue weighted by molar-refractivity contribution is 5.88. The molecule has 256 valence electrons. The van der Waals surface area contributed by atoms with Crippen molar-refractivity contribution in [3.05, 3.63) is 129 Å². The van der Waals surface area contributed by atoms with Gasteiger partial charge in [-0.2, -0.15) is 0 Å². The Bertz CT molecular complexity index is 2180. The summed E-state index contributed by atoms with van der Waals surface area (Å²) < 4.78 is 17.6. The van der Waals surface area contributed by atoms with Gasteiger partial charge in [0.15, 0.2) is 17.6 Å². The van der Waals surface area contributed by atoms with Crippen molar-refractivity contribution < 1.29 is 14.6 Å². The van der Waals surface area contributed by atoms with Gasteiger partial charge in [0.25, 0.3) is 0 Å². The van der Waals surface area contributed by atoms with Gasteiger partial charge in [-0.15, -0.1) is 0 Å². The molecule has 1 aromatic heterocycles. The van der Waals surface area contributed by atoms with Crippen molar-refractivity contribution in [1.82, 2.24) is 9.47 Å². The number of aromatic nitrogens is 1. The van der Waals surface area contributed by atoms with Gasteiger partial charge in [-0.05, 0) is 104 Å². The zero-order valence-corrected chi connectivity index (χ0v) is 29.8. The van der Waals surface area contributed by atoms with Gasteiger partial charge in [0.2, 0.25) is 0 Å². The number of fused-ring (bicyclic) bond motifs is 4. The molecule has 5 aliphatic rings. The van der Waals surface area contributed by atoms with Crippen LogP contribution in [0.3, 0.4) is 0 Å². The SMILES string of the molecule is Cc1cccc(CO[C@@]23Cc4c(n(Cc5cccc(C)c5)c5ccc(C(C)C)cc45)[C@@H]4Oc5c(O)ccc6c5[C@@]42CCN(CC2CC2)[C@@H]3C6)c1. The Labute approximate surface area is 295 Å². The lowest BCUT2D eigenvalue weighted by Crippen LogP contribution is -2.75. The van der Waals surface area contributed by atoms with Crippen LogP contribution < -0.4 is 4.74 Å². The minimum atomic E-state index is -0.524. The zero-order valence-electron chi connectivity index (χ0n) is 29.8. The van der Waals surface area contributed by atoms with Crippen molar-refractivity contribution >= 4 is 10.9 Å². The van der Waals surface area contributed by atoms with Crippen molar-refractivity contribution in [3.63, 3.8) is 0 Å². The number of rotatable bonds is 8. The molecule has 0 radical (unpaired) electrons. The Kier molecular flexibility index (Phi) is 6.74. The largest absolute Gasteiger partial charge is 0.504 e. The molecular formula is C45H48N2O3. The molecule has 1 saturated carbocycles. The van der Waals surface area contributed by atoms with Gasteiger partial charge in [0.05, 0.1) is 17.7 Å². The van der Waals surface area contributed by atoms with E-state index in [1.54, 1.807) is 0 Å². The fourth-order valence-electron chi connectivity index (χ4n) is 10.6. The summed E-state index contributed by atoms with van der Waals surface area (Å²) in [6, 6.07) is 29.2. The van der Waals surface area contributed by atoms with Crippen molar-refractivity contribution in [2.75, 3.05) is 13.1 Å². The van der Waals surface area contributed by atoms with Gasteiger partial charge < -0.3 is 19.1 Å². The fraction of sp³-hybridized carbons (Fsp3) is 0.422. The van der Waals surface area contributed by atoms with E-state index in [0.717, 1.165) is 44.8 Å². The van der Waals surface area contributed by atoms with Crippen LogP contribution in [0.4, 0.5) is 0 Å². The van der Waals surface area contributed by atoms with E-state index in [0.29, 0.717) is 18.3 Å². The lowest BCUT2D eigenvalue weighted by Gasteiger charge is -2.64. The summed E-state index contributed by atoms with van der Waals surface area (Å²) >= 11 is 0. The summed E-state index contributed by atoms with van der Waals surface area (Å²) in [5.41, 5.74) is 11.9. The topological polar surface area (TPSA) is 46.9 Å². The van der Waals surface area contributed by atoms with Crippen LogP contribution >= 0.6 is 0 Å². The van der Waals surface area contributed by atoms with E-state index in [1.807, 2.05) is 6.07 Å². The smallest absolute Gasteiger partial charge is 0.166 e. The number of piperidine rings is 1. The molecule has 5 heteroatoms. The molecule has 3 aliphatic carbocycles. The standard InChI is InChI=1S/C45H48N2O3/c1-27(2)33-13-15-37-35(21-33)36-23-45(49-26-32-10-6-8-29(4)20-32)39-22-34-14-16-38(48)42-40(34)44(45,17-18-46(39)24-30-11-12-30)43(50-42)41(36)47(37)25-31-9-5-7-28(3)19-31/h5-10,13-16,19-21,27,30,39,43,48H,11-12,17-18,22-26H2,1-4H3/t39-,43+,44+,45-/m1/s1. The molecule has 3 heterocycles. The molecule has 2 aliphatic heterocycles. The number of hydrogen-bond acceptors (Lipinski definition) is 4. The van der Waals surface area contributed by atoms with Crippen LogP contribution in [0.2, 0.25) is 0 Å². The second-order valence-corrected chi connectivity index (χ2v) is 16.5. The van der Waals surface area contributed by atoms with Crippen LogP contribution in [0.25, 0.3) is 10.9 Å². The molecule has 1 saturated heterocycles. The first-order valence-corrected chi connectivity index (χ1v) is 18.9. The van der Waals surface area contributed by atoms with Gasteiger partial charge in [0, 0.05) is 42.0 Å². The molecule has 1 N–H and O–H groups in total. The number of phenols is 1. The predicted octanol–water partition coefficient (Wildman–Crippen LogP) is 9.06. The molecule has 0 unspecified atom stereocenters. The average Bonchev–Trinajstić information content (AvgIpc) is 3.78. The summed E-state index contributed by atoms with van der Waals surface area (Å²) in [5, 5.41) is 12.9. The Morgan fingerprint density at radius 1 is 0.940 bits per heavy atom. The fourth-order valence-corrected chi connectivity index (χ4v) is 10.6. The summed E-state index contributed by atoms with van der Waals surface area (Å²) in [7, 11) is 0. The van der Waals surface area contributed by atoms with Crippen LogP contribution in [-0.2, 0) is 36.1 Å². The molecule has 5 nitrogen and oxygen atoms in total. The van der Waals surface area contributed by atoms with Crippen LogP contribution in [0.1, 0.15) is 95.3 Å². The number of ether oxygens (including phenoxy) is 2. The number of hydrogen-bond donors (Lipinski definition) is 1. The number of phenolic OH excluding ortho intramolecular Hbond substituents is 1. The number of benzene rings is 4. The monoisotopic (exact) mass is 664 g/mol. The summed E-state index contributed by atoms with van der Waals surface area (Å²) in [4.78, 5) is 2.81. The van der Waals surface area contributed by atoms with E-state index in [4.69, 9.17) is 9.47 Å². The third-order valence-electron chi connectivity index (χ3n) is 13.1. The summed E-state index contributed by atoms with van der Waals surface area (Å²) in [6.45, 7) is 12.4. The molecule has 2 bridgehead atoms. The molecule has 4 aromatic carbocycles. The lowest BCUT2D eigenvalue weighted by atomic mass is 9.48. The van der Waals surface area contributed by atoms with E-state index >= 15 is 0 Å². The van der Waals surface area contributed by atoms with Crippen LogP contribution in [0, 0.1) is 19.8 Å². The quantitative estimate of drug-likeness (QED) is 0.180. The van der Waals surface area contributed by atoms with Crippen molar-refractivity contribution in [2.24, 2.45) is 5.92 Å². The first kappa shape index (κ1) is 30.7. The molecule has 1 spiro atoms. The van der Waals surface area contributed by atoms with Crippen molar-refractivity contribution in [3.8, 4) is 11.5 Å². The van der Waals surface area contributed by atoms with Crippen LogP contribution in [0.5, 0.6) is 11.5 Å². The number of nitrogens with zero attached hydrogens (tertiary/aromatic N) is 2. The Hall–Kier alpha value is -4.06. The second-order valence-electron chi connectivity index (χ2n) is 16.5. The predicted molar refractivity (Wildman–Crippen MR) is 198 cm³/mol. The number of aryl methyl sites for hydroxylation is 2. The van der Waals surface area contributed by atoms with Gasteiger partial charge in [0.1, 0.15) is 5.60 Å². The van der Waals surface area contributed by atoms with Crippen LogP contribution in [-0.4, -0.2) is 39.3 Å². The highest BCUT2D eigenvalue weighted by Gasteiger charge is 2.74. The number of aromatic hydroxyl groups is 1. The van der Waals surface area contributed by atoms with Crippen LogP contribution in [0.15, 0.2) is 78.9 Å². The minimum absolute atomic E-state index is 0.215. The van der Waals surface area contributed by atoms with E-state index < -0.39 is 11.0 Å². The molecule has 5 aromatic rings. The van der Waals surface area contributed by atoms with Gasteiger partial charge in [-0.1, -0.05) is 85.6 Å². The van der Waals surface area contributed by atoms with Crippen molar-refractivity contribution in [1.29, 1.82) is 0 Å². The second kappa shape index (κ2) is 11.0. The maximum Gasteiger partial charge on any atom is 0.166 e. The van der Waals surface area contributed by atoms with E-state index in [1.165, 1.54) is 73.9 Å². The van der Waals surface area contributed by atoms with E-state index in [2.05, 4.69) is 110 Å². The number of likely N-dealkylation sites (tertiary alicyclic amines) is 1. The Balaban J connectivity index is 1.25. The molecule has 4 atom stereocenters. The van der Waals surface area contributed by atoms with Gasteiger partial charge in [-0.3, -0.25) is 4.90 Å². The van der Waals surface area contributed by atoms with Crippen molar-refractivity contribution in [2.45, 2.75) is 102 Å². The van der Waals surface area contributed by atoms with Gasteiger partial charge >= 0.3 is 0 Å². The summed E-state index contributed by atoms with van der Waals surface area (Å²) in [5.74, 6) is 2.15. The van der Waals surface area contributed by atoms with Gasteiger partial charge in [-0.25, -0.2) is 0 Å². The molecule has 50 heavy (non-hydrogen) atoms. The summed E-state index contributed by atoms with van der Waals surface area (Å²) in [6.07, 6.45) is 5.08. The molecule has 2 fully saturated rings. The molecule has 0 amide bonds. The highest BCUT2D eigenvalue weighted by Crippen LogP contribution is 2.70. The normalized spacial score (nSPS) is 26.3. The zero-order chi connectivity index (χ0) is 33.9. The first-order valence-electron chi connectivity index (χ1n) is 18.9. The molecule has 10 rings (SSSR count). The van der Waals surface area contributed by atoms with E-state index in [9.17, 15) is 5.11 Å². The first-order chi connectivity index (χ1) is 24.3. The third-order valence-corrected chi connectivity index (χ3v) is 13.1. The van der Waals surface area contributed by atoms with E-state index in [-0.39, 0.29) is 17.9 Å². The average molecular weight is 665 g/mol. The maximum atomic E-state index is 11.5. The lowest BCUT2D eigenvalue weighted by molar-refractivity contribution is -0.211. The molecular weight excluding hydrogens is 617 g/mol.